The van der Waals surface area contributed by atoms with E-state index in [1.807, 2.05) is 11.0 Å². The third-order valence-electron chi connectivity index (χ3n) is 4.04. The highest BCUT2D eigenvalue weighted by Gasteiger charge is 2.36. The zero-order valence-electron chi connectivity index (χ0n) is 11.4. The van der Waals surface area contributed by atoms with Crippen molar-refractivity contribution in [3.8, 4) is 6.07 Å². The summed E-state index contributed by atoms with van der Waals surface area (Å²) in [5.74, 6) is -1.09. The highest BCUT2D eigenvalue weighted by Crippen LogP contribution is 2.31. The summed E-state index contributed by atoms with van der Waals surface area (Å²) in [5.41, 5.74) is 0.251. The van der Waals surface area contributed by atoms with E-state index in [1.54, 1.807) is 13.0 Å². The Balaban J connectivity index is 2.03. The summed E-state index contributed by atoms with van der Waals surface area (Å²) in [6.07, 6.45) is 1.11. The first-order chi connectivity index (χ1) is 9.44. The van der Waals surface area contributed by atoms with E-state index in [9.17, 15) is 14.3 Å². The van der Waals surface area contributed by atoms with Crippen molar-refractivity contribution in [1.29, 1.82) is 5.26 Å². The lowest BCUT2D eigenvalue weighted by Gasteiger charge is -2.36. The zero-order valence-corrected chi connectivity index (χ0v) is 11.4. The molecule has 5 heteroatoms. The van der Waals surface area contributed by atoms with Gasteiger partial charge in [0.25, 0.3) is 0 Å². The van der Waals surface area contributed by atoms with Crippen LogP contribution in [0.5, 0.6) is 0 Å². The summed E-state index contributed by atoms with van der Waals surface area (Å²) in [7, 11) is 0. The Hall–Kier alpha value is -1.93. The molecule has 0 amide bonds. The van der Waals surface area contributed by atoms with Gasteiger partial charge in [-0.05, 0) is 51.1 Å². The van der Waals surface area contributed by atoms with Crippen LogP contribution in [0.2, 0.25) is 0 Å². The number of carbonyl (C=O) groups is 1. The van der Waals surface area contributed by atoms with Crippen LogP contribution >= 0.6 is 0 Å². The molecule has 1 N–H and O–H groups in total. The Labute approximate surface area is 117 Å². The van der Waals surface area contributed by atoms with E-state index in [0.29, 0.717) is 43.6 Å². The minimum absolute atomic E-state index is 0.324. The fourth-order valence-electron chi connectivity index (χ4n) is 2.42. The minimum atomic E-state index is -0.769. The average Bonchev–Trinajstić information content (AvgIpc) is 2.43. The summed E-state index contributed by atoms with van der Waals surface area (Å²) < 4.78 is 13.7. The smallest absolute Gasteiger partial charge is 0.309 e. The second-order valence-electron chi connectivity index (χ2n) is 5.56. The summed E-state index contributed by atoms with van der Waals surface area (Å²) >= 11 is 0. The molecule has 2 rings (SSSR count). The van der Waals surface area contributed by atoms with Crippen molar-refractivity contribution >= 4 is 5.97 Å². The number of benzene rings is 1. The first kappa shape index (κ1) is 14.5. The number of halogens is 1. The number of nitriles is 1. The van der Waals surface area contributed by atoms with Crippen molar-refractivity contribution in [2.75, 3.05) is 13.1 Å². The SMILES string of the molecule is CC1(C(=O)O)CCN(Cc2cc(C#N)ccc2F)CC1. The van der Waals surface area contributed by atoms with Crippen LogP contribution in [0.25, 0.3) is 0 Å². The second-order valence-corrected chi connectivity index (χ2v) is 5.56. The van der Waals surface area contributed by atoms with Gasteiger partial charge in [0, 0.05) is 12.1 Å². The molecular formula is C15H17FN2O2. The maximum atomic E-state index is 13.7. The van der Waals surface area contributed by atoms with Gasteiger partial charge in [-0.1, -0.05) is 0 Å². The van der Waals surface area contributed by atoms with Crippen LogP contribution in [0.15, 0.2) is 18.2 Å². The van der Waals surface area contributed by atoms with E-state index < -0.39 is 11.4 Å². The lowest BCUT2D eigenvalue weighted by atomic mass is 9.80. The van der Waals surface area contributed by atoms with Crippen molar-refractivity contribution in [1.82, 2.24) is 4.90 Å². The van der Waals surface area contributed by atoms with Crippen LogP contribution in [-0.4, -0.2) is 29.1 Å². The van der Waals surface area contributed by atoms with E-state index >= 15 is 0 Å². The van der Waals surface area contributed by atoms with Crippen molar-refractivity contribution in [3.05, 3.63) is 35.1 Å². The Morgan fingerprint density at radius 1 is 1.50 bits per heavy atom. The molecule has 1 fully saturated rings. The molecule has 20 heavy (non-hydrogen) atoms. The molecule has 0 bridgehead atoms. The van der Waals surface area contributed by atoms with Crippen LogP contribution in [0, 0.1) is 22.6 Å². The molecule has 0 atom stereocenters. The molecule has 0 saturated carbocycles. The highest BCUT2D eigenvalue weighted by molar-refractivity contribution is 5.74. The number of piperidine rings is 1. The van der Waals surface area contributed by atoms with Crippen LogP contribution in [-0.2, 0) is 11.3 Å². The monoisotopic (exact) mass is 276 g/mol. The average molecular weight is 276 g/mol. The van der Waals surface area contributed by atoms with Gasteiger partial charge in [-0.25, -0.2) is 4.39 Å². The fourth-order valence-corrected chi connectivity index (χ4v) is 2.42. The van der Waals surface area contributed by atoms with Gasteiger partial charge in [0.2, 0.25) is 0 Å². The summed E-state index contributed by atoms with van der Waals surface area (Å²) in [6.45, 7) is 3.42. The molecule has 1 aliphatic rings. The molecule has 1 aliphatic heterocycles. The predicted molar refractivity (Wildman–Crippen MR) is 71.4 cm³/mol. The van der Waals surface area contributed by atoms with Crippen LogP contribution in [0.3, 0.4) is 0 Å². The number of rotatable bonds is 3. The van der Waals surface area contributed by atoms with Gasteiger partial charge in [0.15, 0.2) is 0 Å². The molecule has 106 valence electrons. The summed E-state index contributed by atoms with van der Waals surface area (Å²) in [5, 5.41) is 18.0. The van der Waals surface area contributed by atoms with E-state index in [2.05, 4.69) is 0 Å². The Morgan fingerprint density at radius 2 is 2.15 bits per heavy atom. The van der Waals surface area contributed by atoms with Crippen molar-refractivity contribution in [2.24, 2.45) is 5.41 Å². The molecule has 1 aromatic carbocycles. The van der Waals surface area contributed by atoms with Crippen LogP contribution in [0.1, 0.15) is 30.9 Å². The first-order valence-corrected chi connectivity index (χ1v) is 6.59. The fraction of sp³-hybridized carbons (Fsp3) is 0.467. The van der Waals surface area contributed by atoms with E-state index in [-0.39, 0.29) is 5.82 Å². The number of hydrogen-bond acceptors (Lipinski definition) is 3. The largest absolute Gasteiger partial charge is 0.481 e. The van der Waals surface area contributed by atoms with Gasteiger partial charge in [0.05, 0.1) is 17.0 Å². The van der Waals surface area contributed by atoms with Crippen molar-refractivity contribution < 1.29 is 14.3 Å². The summed E-state index contributed by atoms with van der Waals surface area (Å²) in [6, 6.07) is 6.31. The van der Waals surface area contributed by atoms with Gasteiger partial charge in [-0.15, -0.1) is 0 Å². The maximum Gasteiger partial charge on any atom is 0.309 e. The van der Waals surface area contributed by atoms with E-state index in [0.717, 1.165) is 0 Å². The van der Waals surface area contributed by atoms with Gasteiger partial charge >= 0.3 is 5.97 Å². The molecule has 1 heterocycles. The van der Waals surface area contributed by atoms with Crippen LogP contribution in [0.4, 0.5) is 4.39 Å². The Kier molecular flexibility index (Phi) is 4.05. The van der Waals surface area contributed by atoms with Gasteiger partial charge in [-0.2, -0.15) is 5.26 Å². The molecule has 0 radical (unpaired) electrons. The van der Waals surface area contributed by atoms with Gasteiger partial charge in [0.1, 0.15) is 5.82 Å². The molecule has 1 saturated heterocycles. The Morgan fingerprint density at radius 3 is 2.70 bits per heavy atom. The molecule has 0 aliphatic carbocycles. The van der Waals surface area contributed by atoms with Crippen molar-refractivity contribution in [2.45, 2.75) is 26.3 Å². The lowest BCUT2D eigenvalue weighted by molar-refractivity contribution is -0.150. The topological polar surface area (TPSA) is 64.3 Å². The number of carboxylic acids is 1. The van der Waals surface area contributed by atoms with Crippen molar-refractivity contribution in [3.63, 3.8) is 0 Å². The lowest BCUT2D eigenvalue weighted by Crippen LogP contribution is -2.42. The highest BCUT2D eigenvalue weighted by atomic mass is 19.1. The maximum absolute atomic E-state index is 13.7. The summed E-state index contributed by atoms with van der Waals surface area (Å²) in [4.78, 5) is 13.2. The van der Waals surface area contributed by atoms with Crippen LogP contribution < -0.4 is 0 Å². The van der Waals surface area contributed by atoms with E-state index in [4.69, 9.17) is 5.26 Å². The number of aliphatic carboxylic acids is 1. The number of carboxylic acid groups (broad SMARTS) is 1. The molecule has 4 nitrogen and oxygen atoms in total. The quantitative estimate of drug-likeness (QED) is 0.920. The first-order valence-electron chi connectivity index (χ1n) is 6.59. The predicted octanol–water partition coefficient (Wildman–Crippen LogP) is 2.38. The number of likely N-dealkylation sites (tertiary alicyclic amines) is 1. The molecular weight excluding hydrogens is 259 g/mol. The third kappa shape index (κ3) is 2.97. The third-order valence-corrected chi connectivity index (χ3v) is 4.04. The second kappa shape index (κ2) is 5.59. The normalized spacial score (nSPS) is 18.4. The minimum Gasteiger partial charge on any atom is -0.481 e. The van der Waals surface area contributed by atoms with E-state index in [1.165, 1.54) is 12.1 Å². The number of nitrogens with zero attached hydrogens (tertiary/aromatic N) is 2. The Bertz CT molecular complexity index is 557. The van der Waals surface area contributed by atoms with Gasteiger partial charge in [-0.3, -0.25) is 9.69 Å². The number of hydrogen-bond donors (Lipinski definition) is 1. The zero-order chi connectivity index (χ0) is 14.8. The molecule has 0 aromatic heterocycles. The van der Waals surface area contributed by atoms with Gasteiger partial charge < -0.3 is 5.11 Å². The molecule has 1 aromatic rings. The molecule has 0 spiro atoms. The standard InChI is InChI=1S/C15H17FN2O2/c1-15(14(19)20)4-6-18(7-5-15)10-12-8-11(9-17)2-3-13(12)16/h2-3,8H,4-7,10H2,1H3,(H,19,20). The molecule has 0 unspecified atom stereocenters.